The van der Waals surface area contributed by atoms with Crippen molar-refractivity contribution < 1.29 is 0 Å². The molecule has 0 saturated carbocycles. The largest absolute Gasteiger partial charge is 0.338 e. The highest BCUT2D eigenvalue weighted by molar-refractivity contribution is 6.08. The lowest BCUT2D eigenvalue weighted by atomic mass is 10.00. The van der Waals surface area contributed by atoms with E-state index in [1.807, 2.05) is 0 Å². The van der Waals surface area contributed by atoms with Crippen LogP contribution in [0.3, 0.4) is 0 Å². The van der Waals surface area contributed by atoms with Crippen molar-refractivity contribution in [2.24, 2.45) is 0 Å². The molecule has 0 saturated heterocycles. The van der Waals surface area contributed by atoms with Gasteiger partial charge in [0.15, 0.2) is 0 Å². The van der Waals surface area contributed by atoms with Crippen LogP contribution in [0, 0.1) is 6.92 Å². The highest BCUT2D eigenvalue weighted by Gasteiger charge is 2.07. The van der Waals surface area contributed by atoms with Gasteiger partial charge in [0.25, 0.3) is 0 Å². The van der Waals surface area contributed by atoms with Crippen molar-refractivity contribution in [3.05, 3.63) is 78.4 Å². The maximum Gasteiger partial charge on any atom is 0.138 e. The molecule has 1 N–H and O–H groups in total. The Hall–Kier alpha value is -3.13. The molecule has 0 unspecified atom stereocenters. The summed E-state index contributed by atoms with van der Waals surface area (Å²) in [6, 6.07) is 25.8. The Kier molecular flexibility index (Phi) is 2.74. The molecule has 5 aromatic rings. The van der Waals surface area contributed by atoms with E-state index in [0.29, 0.717) is 0 Å². The first-order valence-corrected chi connectivity index (χ1v) is 8.16. The lowest BCUT2D eigenvalue weighted by Crippen LogP contribution is -1.82. The number of H-pyrrole nitrogens is 1. The molecular weight excluding hydrogens is 292 g/mol. The van der Waals surface area contributed by atoms with E-state index < -0.39 is 0 Å². The van der Waals surface area contributed by atoms with Gasteiger partial charge in [-0.15, -0.1) is 0 Å². The molecule has 24 heavy (non-hydrogen) atoms. The minimum atomic E-state index is 0.922. The molecule has 0 spiro atoms. The number of aromatic nitrogens is 2. The van der Waals surface area contributed by atoms with Gasteiger partial charge >= 0.3 is 0 Å². The van der Waals surface area contributed by atoms with Gasteiger partial charge in [0.05, 0.1) is 11.0 Å². The second kappa shape index (κ2) is 4.93. The summed E-state index contributed by atoms with van der Waals surface area (Å²) in [5, 5.41) is 5.09. The van der Waals surface area contributed by atoms with E-state index in [9.17, 15) is 0 Å². The number of nitrogens with one attached hydrogen (secondary N) is 1. The molecule has 0 fully saturated rings. The van der Waals surface area contributed by atoms with E-state index in [2.05, 4.69) is 84.7 Å². The number of nitrogens with zero attached hydrogens (tertiary/aromatic N) is 1. The molecule has 0 aliphatic carbocycles. The van der Waals surface area contributed by atoms with Crippen LogP contribution in [0.1, 0.15) is 5.56 Å². The number of imidazole rings is 1. The topological polar surface area (TPSA) is 28.7 Å². The zero-order valence-corrected chi connectivity index (χ0v) is 13.4. The van der Waals surface area contributed by atoms with Crippen LogP contribution in [0.5, 0.6) is 0 Å². The fourth-order valence-electron chi connectivity index (χ4n) is 3.42. The Morgan fingerprint density at radius 2 is 1.58 bits per heavy atom. The van der Waals surface area contributed by atoms with E-state index in [1.165, 1.54) is 27.1 Å². The molecule has 1 heterocycles. The first-order chi connectivity index (χ1) is 11.8. The van der Waals surface area contributed by atoms with Crippen LogP contribution >= 0.6 is 0 Å². The van der Waals surface area contributed by atoms with Crippen molar-refractivity contribution in [2.75, 3.05) is 0 Å². The number of fused-ring (bicyclic) bond motifs is 4. The van der Waals surface area contributed by atoms with E-state index in [4.69, 9.17) is 4.98 Å². The molecule has 0 radical (unpaired) electrons. The summed E-state index contributed by atoms with van der Waals surface area (Å²) in [6.07, 6.45) is 0. The van der Waals surface area contributed by atoms with Crippen molar-refractivity contribution in [3.63, 3.8) is 0 Å². The Bertz CT molecular complexity index is 1210. The minimum Gasteiger partial charge on any atom is -0.338 e. The van der Waals surface area contributed by atoms with Crippen LogP contribution < -0.4 is 0 Å². The van der Waals surface area contributed by atoms with Crippen LogP contribution in [-0.2, 0) is 0 Å². The first kappa shape index (κ1) is 13.3. The van der Waals surface area contributed by atoms with Crippen LogP contribution in [0.15, 0.2) is 72.8 Å². The van der Waals surface area contributed by atoms with Crippen LogP contribution in [0.2, 0.25) is 0 Å². The van der Waals surface area contributed by atoms with Gasteiger partial charge < -0.3 is 4.98 Å². The second-order valence-electron chi connectivity index (χ2n) is 6.33. The Labute approximate surface area is 139 Å². The average molecular weight is 308 g/mol. The zero-order valence-electron chi connectivity index (χ0n) is 13.4. The highest BCUT2D eigenvalue weighted by atomic mass is 14.9. The average Bonchev–Trinajstić information content (AvgIpc) is 3.04. The number of aryl methyl sites for hydroxylation is 1. The fraction of sp³-hybridized carbons (Fsp3) is 0.0455. The van der Waals surface area contributed by atoms with Crippen LogP contribution in [-0.4, -0.2) is 9.97 Å². The predicted molar refractivity (Wildman–Crippen MR) is 101 cm³/mol. The van der Waals surface area contributed by atoms with Gasteiger partial charge in [0, 0.05) is 5.56 Å². The summed E-state index contributed by atoms with van der Waals surface area (Å²) in [5.41, 5.74) is 4.45. The molecule has 114 valence electrons. The molecule has 4 aromatic carbocycles. The maximum absolute atomic E-state index is 4.74. The monoisotopic (exact) mass is 308 g/mol. The quantitative estimate of drug-likeness (QED) is 0.387. The van der Waals surface area contributed by atoms with Gasteiger partial charge in [-0.1, -0.05) is 54.6 Å². The Morgan fingerprint density at radius 1 is 0.750 bits per heavy atom. The van der Waals surface area contributed by atoms with Crippen molar-refractivity contribution in [3.8, 4) is 11.4 Å². The molecule has 2 nitrogen and oxygen atoms in total. The standard InChI is InChI=1S/C22H16N2/c1-14-6-11-20-21(12-14)24-22(23-20)17-9-10-19-16(13-17)8-7-15-4-2-3-5-18(15)19/h2-13H,1H3,(H,23,24). The Balaban J connectivity index is 1.72. The van der Waals surface area contributed by atoms with E-state index in [1.54, 1.807) is 0 Å². The van der Waals surface area contributed by atoms with Gasteiger partial charge in [0.1, 0.15) is 5.82 Å². The molecule has 2 heteroatoms. The van der Waals surface area contributed by atoms with Crippen molar-refractivity contribution in [2.45, 2.75) is 6.92 Å². The summed E-state index contributed by atoms with van der Waals surface area (Å²) in [6.45, 7) is 2.10. The van der Waals surface area contributed by atoms with Gasteiger partial charge in [0.2, 0.25) is 0 Å². The number of hydrogen-bond acceptors (Lipinski definition) is 1. The molecule has 1 aromatic heterocycles. The summed E-state index contributed by atoms with van der Waals surface area (Å²) < 4.78 is 0. The minimum absolute atomic E-state index is 0.922. The van der Waals surface area contributed by atoms with Gasteiger partial charge in [-0.3, -0.25) is 0 Å². The van der Waals surface area contributed by atoms with Gasteiger partial charge in [-0.05, 0) is 52.2 Å². The predicted octanol–water partition coefficient (Wildman–Crippen LogP) is 5.84. The molecule has 0 aliphatic heterocycles. The maximum atomic E-state index is 4.74. The molecule has 0 atom stereocenters. The van der Waals surface area contributed by atoms with E-state index in [-0.39, 0.29) is 0 Å². The number of aromatic amines is 1. The van der Waals surface area contributed by atoms with Crippen LogP contribution in [0.4, 0.5) is 0 Å². The lowest BCUT2D eigenvalue weighted by molar-refractivity contribution is 1.34. The highest BCUT2D eigenvalue weighted by Crippen LogP contribution is 2.29. The number of hydrogen-bond donors (Lipinski definition) is 1. The molecule has 0 amide bonds. The molecular formula is C22H16N2. The van der Waals surface area contributed by atoms with Crippen molar-refractivity contribution in [1.82, 2.24) is 9.97 Å². The van der Waals surface area contributed by atoms with E-state index >= 15 is 0 Å². The smallest absolute Gasteiger partial charge is 0.138 e. The lowest BCUT2D eigenvalue weighted by Gasteiger charge is -2.05. The van der Waals surface area contributed by atoms with Gasteiger partial charge in [-0.25, -0.2) is 4.98 Å². The number of rotatable bonds is 1. The van der Waals surface area contributed by atoms with Crippen molar-refractivity contribution in [1.29, 1.82) is 0 Å². The fourth-order valence-corrected chi connectivity index (χ4v) is 3.42. The normalized spacial score (nSPS) is 11.5. The third kappa shape index (κ3) is 2.00. The molecule has 0 bridgehead atoms. The summed E-state index contributed by atoms with van der Waals surface area (Å²) >= 11 is 0. The van der Waals surface area contributed by atoms with Crippen molar-refractivity contribution >= 4 is 32.6 Å². The molecule has 0 aliphatic rings. The first-order valence-electron chi connectivity index (χ1n) is 8.16. The van der Waals surface area contributed by atoms with Gasteiger partial charge in [-0.2, -0.15) is 0 Å². The van der Waals surface area contributed by atoms with Crippen LogP contribution in [0.25, 0.3) is 44.0 Å². The third-order valence-electron chi connectivity index (χ3n) is 4.66. The number of benzene rings is 4. The molecule has 5 rings (SSSR count). The summed E-state index contributed by atoms with van der Waals surface area (Å²) in [5.74, 6) is 0.922. The summed E-state index contributed by atoms with van der Waals surface area (Å²) in [7, 11) is 0. The zero-order chi connectivity index (χ0) is 16.1. The summed E-state index contributed by atoms with van der Waals surface area (Å²) in [4.78, 5) is 8.18. The SMILES string of the molecule is Cc1ccc2nc(-c3ccc4c(ccc5ccccc54)c3)[nH]c2c1. The second-order valence-corrected chi connectivity index (χ2v) is 6.33. The van der Waals surface area contributed by atoms with E-state index in [0.717, 1.165) is 22.4 Å². The third-order valence-corrected chi connectivity index (χ3v) is 4.66. The Morgan fingerprint density at radius 3 is 2.54 bits per heavy atom.